The molecule has 21 heavy (non-hydrogen) atoms. The molecule has 2 rings (SSSR count). The third-order valence-electron chi connectivity index (χ3n) is 3.18. The van der Waals surface area contributed by atoms with E-state index in [1.54, 1.807) is 6.92 Å². The number of aryl methyl sites for hydroxylation is 1. The van der Waals surface area contributed by atoms with Gasteiger partial charge in [-0.05, 0) is 18.9 Å². The van der Waals surface area contributed by atoms with Crippen LogP contribution in [0.5, 0.6) is 0 Å². The van der Waals surface area contributed by atoms with Gasteiger partial charge in [0.1, 0.15) is 0 Å². The van der Waals surface area contributed by atoms with Crippen molar-refractivity contribution >= 4 is 5.97 Å². The van der Waals surface area contributed by atoms with Crippen LogP contribution in [-0.4, -0.2) is 17.6 Å². The molecular formula is C17H19NO3. The lowest BCUT2D eigenvalue weighted by atomic mass is 9.97. The van der Waals surface area contributed by atoms with E-state index in [2.05, 4.69) is 4.98 Å². The summed E-state index contributed by atoms with van der Waals surface area (Å²) in [4.78, 5) is 27.0. The van der Waals surface area contributed by atoms with Crippen LogP contribution >= 0.6 is 0 Å². The normalized spacial score (nSPS) is 10.4. The summed E-state index contributed by atoms with van der Waals surface area (Å²) >= 11 is 0. The van der Waals surface area contributed by atoms with Gasteiger partial charge in [-0.3, -0.25) is 4.79 Å². The maximum Gasteiger partial charge on any atom is 0.340 e. The first-order chi connectivity index (χ1) is 10.2. The fraction of sp³-hybridized carbons (Fsp3) is 0.294. The SMILES string of the molecule is CCCc1[nH]c(=O)cc(-c2ccccc2)c1C(=O)OCC. The number of benzene rings is 1. The molecule has 0 atom stereocenters. The van der Waals surface area contributed by atoms with Gasteiger partial charge in [-0.25, -0.2) is 4.79 Å². The Hall–Kier alpha value is -2.36. The topological polar surface area (TPSA) is 59.2 Å². The van der Waals surface area contributed by atoms with Gasteiger partial charge in [0, 0.05) is 17.3 Å². The summed E-state index contributed by atoms with van der Waals surface area (Å²) < 4.78 is 5.16. The molecule has 0 saturated carbocycles. The number of hydrogen-bond donors (Lipinski definition) is 1. The molecule has 0 spiro atoms. The largest absolute Gasteiger partial charge is 0.462 e. The lowest BCUT2D eigenvalue weighted by Crippen LogP contribution is -2.17. The second kappa shape index (κ2) is 6.88. The van der Waals surface area contributed by atoms with E-state index in [1.807, 2.05) is 37.3 Å². The molecule has 1 N–H and O–H groups in total. The molecule has 110 valence electrons. The Morgan fingerprint density at radius 3 is 2.52 bits per heavy atom. The molecule has 1 aromatic heterocycles. The van der Waals surface area contributed by atoms with Crippen LogP contribution in [0, 0.1) is 0 Å². The molecular weight excluding hydrogens is 266 g/mol. The van der Waals surface area contributed by atoms with Crippen LogP contribution in [0.2, 0.25) is 0 Å². The fourth-order valence-electron chi connectivity index (χ4n) is 2.33. The van der Waals surface area contributed by atoms with Crippen LogP contribution in [0.1, 0.15) is 36.3 Å². The Morgan fingerprint density at radius 2 is 1.90 bits per heavy atom. The van der Waals surface area contributed by atoms with Crippen molar-refractivity contribution in [2.45, 2.75) is 26.7 Å². The molecule has 0 fully saturated rings. The zero-order chi connectivity index (χ0) is 15.2. The number of carbonyl (C=O) groups excluding carboxylic acids is 1. The number of esters is 1. The van der Waals surface area contributed by atoms with Crippen LogP contribution in [0.15, 0.2) is 41.2 Å². The molecule has 0 aliphatic rings. The van der Waals surface area contributed by atoms with Crippen LogP contribution in [0.4, 0.5) is 0 Å². The third kappa shape index (κ3) is 3.40. The summed E-state index contributed by atoms with van der Waals surface area (Å²) in [7, 11) is 0. The van der Waals surface area contributed by atoms with E-state index in [9.17, 15) is 9.59 Å². The second-order valence-electron chi connectivity index (χ2n) is 4.74. The van der Waals surface area contributed by atoms with E-state index < -0.39 is 5.97 Å². The molecule has 0 aliphatic carbocycles. The van der Waals surface area contributed by atoms with Gasteiger partial charge < -0.3 is 9.72 Å². The third-order valence-corrected chi connectivity index (χ3v) is 3.18. The molecule has 1 heterocycles. The number of aromatic amines is 1. The molecule has 0 amide bonds. The average Bonchev–Trinajstić information content (AvgIpc) is 2.48. The lowest BCUT2D eigenvalue weighted by molar-refractivity contribution is 0.0525. The minimum absolute atomic E-state index is 0.203. The van der Waals surface area contributed by atoms with E-state index >= 15 is 0 Å². The van der Waals surface area contributed by atoms with Crippen molar-refractivity contribution in [2.75, 3.05) is 6.61 Å². The zero-order valence-electron chi connectivity index (χ0n) is 12.3. The van der Waals surface area contributed by atoms with Gasteiger partial charge in [0.15, 0.2) is 0 Å². The number of ether oxygens (including phenoxy) is 1. The number of H-pyrrole nitrogens is 1. The first-order valence-electron chi connectivity index (χ1n) is 7.16. The summed E-state index contributed by atoms with van der Waals surface area (Å²) in [5.74, 6) is -0.393. The molecule has 0 radical (unpaired) electrons. The van der Waals surface area contributed by atoms with E-state index in [1.165, 1.54) is 6.07 Å². The molecule has 4 heteroatoms. The molecule has 1 aromatic carbocycles. The predicted octanol–water partition coefficient (Wildman–Crippen LogP) is 3.17. The monoisotopic (exact) mass is 285 g/mol. The predicted molar refractivity (Wildman–Crippen MR) is 82.5 cm³/mol. The van der Waals surface area contributed by atoms with Gasteiger partial charge in [-0.2, -0.15) is 0 Å². The highest BCUT2D eigenvalue weighted by atomic mass is 16.5. The van der Waals surface area contributed by atoms with Crippen molar-refractivity contribution in [3.8, 4) is 11.1 Å². The second-order valence-corrected chi connectivity index (χ2v) is 4.74. The molecule has 0 unspecified atom stereocenters. The van der Waals surface area contributed by atoms with Crippen molar-refractivity contribution in [1.82, 2.24) is 4.98 Å². The minimum atomic E-state index is -0.393. The number of nitrogens with one attached hydrogen (secondary N) is 1. The van der Waals surface area contributed by atoms with Crippen LogP contribution < -0.4 is 5.56 Å². The molecule has 0 bridgehead atoms. The van der Waals surface area contributed by atoms with Crippen LogP contribution in [0.3, 0.4) is 0 Å². The summed E-state index contributed by atoms with van der Waals surface area (Å²) in [5, 5.41) is 0. The Kier molecular flexibility index (Phi) is 4.93. The molecule has 0 saturated heterocycles. The average molecular weight is 285 g/mol. The fourth-order valence-corrected chi connectivity index (χ4v) is 2.33. The van der Waals surface area contributed by atoms with E-state index in [0.717, 1.165) is 12.0 Å². The van der Waals surface area contributed by atoms with Gasteiger partial charge in [0.2, 0.25) is 5.56 Å². The first-order valence-corrected chi connectivity index (χ1v) is 7.16. The molecule has 2 aromatic rings. The van der Waals surface area contributed by atoms with Crippen molar-refractivity contribution in [3.05, 3.63) is 58.0 Å². The van der Waals surface area contributed by atoms with E-state index in [4.69, 9.17) is 4.74 Å². The Labute approximate surface area is 123 Å². The number of hydrogen-bond acceptors (Lipinski definition) is 3. The van der Waals surface area contributed by atoms with E-state index in [-0.39, 0.29) is 5.56 Å². The maximum atomic E-state index is 12.3. The smallest absolute Gasteiger partial charge is 0.340 e. The Balaban J connectivity index is 2.67. The minimum Gasteiger partial charge on any atom is -0.462 e. The molecule has 4 nitrogen and oxygen atoms in total. The highest BCUT2D eigenvalue weighted by molar-refractivity contribution is 5.98. The highest BCUT2D eigenvalue weighted by Crippen LogP contribution is 2.25. The summed E-state index contributed by atoms with van der Waals surface area (Å²) in [6.45, 7) is 4.07. The number of carbonyl (C=O) groups is 1. The first kappa shape index (κ1) is 15.0. The van der Waals surface area contributed by atoms with Gasteiger partial charge >= 0.3 is 5.97 Å². The maximum absolute atomic E-state index is 12.3. The summed E-state index contributed by atoms with van der Waals surface area (Å²) in [5.41, 5.74) is 2.36. The van der Waals surface area contributed by atoms with Crippen molar-refractivity contribution < 1.29 is 9.53 Å². The number of aromatic nitrogens is 1. The summed E-state index contributed by atoms with van der Waals surface area (Å²) in [6.07, 6.45) is 1.46. The van der Waals surface area contributed by atoms with Crippen LogP contribution in [0.25, 0.3) is 11.1 Å². The van der Waals surface area contributed by atoms with Crippen molar-refractivity contribution in [1.29, 1.82) is 0 Å². The van der Waals surface area contributed by atoms with Crippen molar-refractivity contribution in [3.63, 3.8) is 0 Å². The zero-order valence-corrected chi connectivity index (χ0v) is 12.3. The number of rotatable bonds is 5. The van der Waals surface area contributed by atoms with Crippen molar-refractivity contribution in [2.24, 2.45) is 0 Å². The molecule has 0 aliphatic heterocycles. The van der Waals surface area contributed by atoms with Crippen LogP contribution in [-0.2, 0) is 11.2 Å². The highest BCUT2D eigenvalue weighted by Gasteiger charge is 2.19. The Morgan fingerprint density at radius 1 is 1.19 bits per heavy atom. The van der Waals surface area contributed by atoms with E-state index in [0.29, 0.717) is 29.8 Å². The van der Waals surface area contributed by atoms with Gasteiger partial charge in [-0.15, -0.1) is 0 Å². The van der Waals surface area contributed by atoms with Gasteiger partial charge in [0.25, 0.3) is 0 Å². The van der Waals surface area contributed by atoms with Gasteiger partial charge in [-0.1, -0.05) is 43.7 Å². The van der Waals surface area contributed by atoms with Gasteiger partial charge in [0.05, 0.1) is 12.2 Å². The lowest BCUT2D eigenvalue weighted by Gasteiger charge is -2.13. The summed E-state index contributed by atoms with van der Waals surface area (Å²) in [6, 6.07) is 10.9. The quantitative estimate of drug-likeness (QED) is 0.858. The standard InChI is InChI=1S/C17H19NO3/c1-3-8-14-16(17(20)21-4-2)13(11-15(19)18-14)12-9-6-5-7-10-12/h5-7,9-11H,3-4,8H2,1-2H3,(H,18,19). The number of pyridine rings is 1. The Bertz CT molecular complexity index is 674.